The van der Waals surface area contributed by atoms with E-state index in [1.54, 1.807) is 36.4 Å². The monoisotopic (exact) mass is 390 g/mol. The second kappa shape index (κ2) is 8.45. The third-order valence-electron chi connectivity index (χ3n) is 2.79. The molecule has 0 fully saturated rings. The molecule has 0 aliphatic rings. The second-order valence-corrected chi connectivity index (χ2v) is 5.87. The fourth-order valence-electron chi connectivity index (χ4n) is 1.76. The van der Waals surface area contributed by atoms with E-state index in [9.17, 15) is 4.79 Å². The molecule has 118 valence electrons. The van der Waals surface area contributed by atoms with Crippen LogP contribution in [0.1, 0.15) is 10.4 Å². The molecule has 0 bridgehead atoms. The molecule has 1 amide bonds. The number of halogens is 1. The molecule has 0 saturated heterocycles. The normalized spacial score (nSPS) is 9.78. The van der Waals surface area contributed by atoms with Crippen LogP contribution in [0, 0.1) is 0 Å². The van der Waals surface area contributed by atoms with E-state index < -0.39 is 0 Å². The SMILES string of the molecule is C=CCOc1cccc(NC(=S)NC(=O)c2ccc(Br)cc2)c1. The molecular formula is C17H15BrN2O2S. The minimum Gasteiger partial charge on any atom is -0.489 e. The maximum atomic E-state index is 12.1. The highest BCUT2D eigenvalue weighted by atomic mass is 79.9. The van der Waals surface area contributed by atoms with Gasteiger partial charge >= 0.3 is 0 Å². The number of anilines is 1. The molecular weight excluding hydrogens is 376 g/mol. The van der Waals surface area contributed by atoms with Crippen LogP contribution in [0.4, 0.5) is 5.69 Å². The Kier molecular flexibility index (Phi) is 6.31. The largest absolute Gasteiger partial charge is 0.489 e. The Morgan fingerprint density at radius 3 is 2.70 bits per heavy atom. The lowest BCUT2D eigenvalue weighted by Gasteiger charge is -2.11. The fraction of sp³-hybridized carbons (Fsp3) is 0.0588. The van der Waals surface area contributed by atoms with Crippen LogP contribution < -0.4 is 15.4 Å². The van der Waals surface area contributed by atoms with Gasteiger partial charge in [-0.15, -0.1) is 0 Å². The van der Waals surface area contributed by atoms with Gasteiger partial charge in [0.2, 0.25) is 0 Å². The first-order chi connectivity index (χ1) is 11.1. The number of hydrogen-bond acceptors (Lipinski definition) is 3. The molecule has 0 radical (unpaired) electrons. The number of thiocarbonyl (C=S) groups is 1. The summed E-state index contributed by atoms with van der Waals surface area (Å²) in [5.74, 6) is 0.422. The van der Waals surface area contributed by atoms with Gasteiger partial charge in [0.25, 0.3) is 5.91 Å². The van der Waals surface area contributed by atoms with Crippen molar-refractivity contribution >= 4 is 44.9 Å². The quantitative estimate of drug-likeness (QED) is 0.594. The third-order valence-corrected chi connectivity index (χ3v) is 3.53. The van der Waals surface area contributed by atoms with Crippen LogP contribution in [0.15, 0.2) is 65.7 Å². The summed E-state index contributed by atoms with van der Waals surface area (Å²) in [6.45, 7) is 4.03. The predicted molar refractivity (Wildman–Crippen MR) is 100.0 cm³/mol. The first-order valence-electron chi connectivity index (χ1n) is 6.80. The number of hydrogen-bond donors (Lipinski definition) is 2. The summed E-state index contributed by atoms with van der Waals surface area (Å²) in [7, 11) is 0. The van der Waals surface area contributed by atoms with Crippen LogP contribution in [0.25, 0.3) is 0 Å². The van der Waals surface area contributed by atoms with E-state index >= 15 is 0 Å². The molecule has 2 rings (SSSR count). The number of carbonyl (C=O) groups excluding carboxylic acids is 1. The molecule has 0 atom stereocenters. The smallest absolute Gasteiger partial charge is 0.257 e. The summed E-state index contributed by atoms with van der Waals surface area (Å²) in [5.41, 5.74) is 1.26. The molecule has 6 heteroatoms. The van der Waals surface area contributed by atoms with Crippen molar-refractivity contribution in [3.8, 4) is 5.75 Å². The van der Waals surface area contributed by atoms with Gasteiger partial charge in [-0.05, 0) is 48.6 Å². The van der Waals surface area contributed by atoms with E-state index in [1.807, 2.05) is 18.2 Å². The highest BCUT2D eigenvalue weighted by Crippen LogP contribution is 2.17. The first kappa shape index (κ1) is 17.2. The zero-order valence-electron chi connectivity index (χ0n) is 12.2. The standard InChI is InChI=1S/C17H15BrN2O2S/c1-2-10-22-15-5-3-4-14(11-15)19-17(23)20-16(21)12-6-8-13(18)9-7-12/h2-9,11H,1,10H2,(H2,19,20,21,23). The van der Waals surface area contributed by atoms with Crippen LogP contribution in [0.2, 0.25) is 0 Å². The van der Waals surface area contributed by atoms with E-state index in [0.717, 1.165) is 10.2 Å². The third kappa shape index (κ3) is 5.50. The second-order valence-electron chi connectivity index (χ2n) is 4.54. The number of carbonyl (C=O) groups is 1. The van der Waals surface area contributed by atoms with E-state index in [-0.39, 0.29) is 11.0 Å². The summed E-state index contributed by atoms with van der Waals surface area (Å²) in [6, 6.07) is 14.3. The van der Waals surface area contributed by atoms with Crippen molar-refractivity contribution in [2.24, 2.45) is 0 Å². The maximum Gasteiger partial charge on any atom is 0.257 e. The molecule has 4 nitrogen and oxygen atoms in total. The van der Waals surface area contributed by atoms with Crippen molar-refractivity contribution in [1.82, 2.24) is 5.32 Å². The molecule has 2 N–H and O–H groups in total. The minimum atomic E-state index is -0.269. The summed E-state index contributed by atoms with van der Waals surface area (Å²) in [4.78, 5) is 12.1. The number of benzene rings is 2. The number of ether oxygens (including phenoxy) is 1. The Morgan fingerprint density at radius 1 is 1.26 bits per heavy atom. The van der Waals surface area contributed by atoms with Gasteiger partial charge in [-0.25, -0.2) is 0 Å². The molecule has 0 spiro atoms. The van der Waals surface area contributed by atoms with Crippen molar-refractivity contribution in [1.29, 1.82) is 0 Å². The van der Waals surface area contributed by atoms with Crippen molar-refractivity contribution in [3.63, 3.8) is 0 Å². The lowest BCUT2D eigenvalue weighted by Crippen LogP contribution is -2.34. The van der Waals surface area contributed by atoms with Gasteiger partial charge in [-0.3, -0.25) is 10.1 Å². The van der Waals surface area contributed by atoms with E-state index in [4.69, 9.17) is 17.0 Å². The van der Waals surface area contributed by atoms with Gasteiger partial charge in [0.05, 0.1) is 0 Å². The average molecular weight is 391 g/mol. The number of rotatable bonds is 5. The van der Waals surface area contributed by atoms with Crippen LogP contribution >= 0.6 is 28.1 Å². The van der Waals surface area contributed by atoms with E-state index in [0.29, 0.717) is 17.9 Å². The predicted octanol–water partition coefficient (Wildman–Crippen LogP) is 4.14. The zero-order valence-corrected chi connectivity index (χ0v) is 14.6. The Bertz CT molecular complexity index is 717. The van der Waals surface area contributed by atoms with E-state index in [1.165, 1.54) is 0 Å². The average Bonchev–Trinajstić information content (AvgIpc) is 2.53. The fourth-order valence-corrected chi connectivity index (χ4v) is 2.23. The Hall–Kier alpha value is -2.18. The van der Waals surface area contributed by atoms with Gasteiger partial charge < -0.3 is 10.1 Å². The van der Waals surface area contributed by atoms with Gasteiger partial charge in [-0.1, -0.05) is 34.7 Å². The highest BCUT2D eigenvalue weighted by molar-refractivity contribution is 9.10. The van der Waals surface area contributed by atoms with Gasteiger partial charge in [0, 0.05) is 21.8 Å². The van der Waals surface area contributed by atoms with Crippen LogP contribution in [-0.4, -0.2) is 17.6 Å². The van der Waals surface area contributed by atoms with Crippen LogP contribution in [0.5, 0.6) is 5.75 Å². The molecule has 23 heavy (non-hydrogen) atoms. The summed E-state index contributed by atoms with van der Waals surface area (Å²) in [6.07, 6.45) is 1.67. The van der Waals surface area contributed by atoms with Crippen molar-refractivity contribution in [2.45, 2.75) is 0 Å². The lowest BCUT2D eigenvalue weighted by atomic mass is 10.2. The van der Waals surface area contributed by atoms with E-state index in [2.05, 4.69) is 33.1 Å². The van der Waals surface area contributed by atoms with Gasteiger partial charge in [-0.2, -0.15) is 0 Å². The van der Waals surface area contributed by atoms with Crippen LogP contribution in [0.3, 0.4) is 0 Å². The first-order valence-corrected chi connectivity index (χ1v) is 8.00. The molecule has 0 saturated carbocycles. The summed E-state index contributed by atoms with van der Waals surface area (Å²) in [5, 5.41) is 5.81. The molecule has 2 aromatic carbocycles. The molecule has 0 aliphatic heterocycles. The maximum absolute atomic E-state index is 12.1. The molecule has 0 unspecified atom stereocenters. The topological polar surface area (TPSA) is 50.4 Å². The zero-order chi connectivity index (χ0) is 16.7. The number of nitrogens with one attached hydrogen (secondary N) is 2. The minimum absolute atomic E-state index is 0.221. The molecule has 0 aromatic heterocycles. The highest BCUT2D eigenvalue weighted by Gasteiger charge is 2.08. The Labute approximate surface area is 148 Å². The molecule has 0 aliphatic carbocycles. The summed E-state index contributed by atoms with van der Waals surface area (Å²) < 4.78 is 6.35. The summed E-state index contributed by atoms with van der Waals surface area (Å²) >= 11 is 8.49. The van der Waals surface area contributed by atoms with Crippen molar-refractivity contribution in [2.75, 3.05) is 11.9 Å². The van der Waals surface area contributed by atoms with Crippen molar-refractivity contribution in [3.05, 3.63) is 71.2 Å². The lowest BCUT2D eigenvalue weighted by molar-refractivity contribution is 0.0977. The Morgan fingerprint density at radius 2 is 2.00 bits per heavy atom. The van der Waals surface area contributed by atoms with Crippen LogP contribution in [-0.2, 0) is 0 Å². The van der Waals surface area contributed by atoms with Gasteiger partial charge in [0.15, 0.2) is 5.11 Å². The Balaban J connectivity index is 1.95. The van der Waals surface area contributed by atoms with Gasteiger partial charge in [0.1, 0.15) is 12.4 Å². The molecule has 0 heterocycles. The van der Waals surface area contributed by atoms with Crippen molar-refractivity contribution < 1.29 is 9.53 Å². The molecule has 2 aromatic rings. The number of amides is 1.